The molecule has 24 heavy (non-hydrogen) atoms. The number of nitro groups is 1. The second-order valence-corrected chi connectivity index (χ2v) is 4.61. The van der Waals surface area contributed by atoms with Crippen molar-refractivity contribution in [2.75, 3.05) is 6.61 Å². The quantitative estimate of drug-likeness (QED) is 0.366. The van der Waals surface area contributed by atoms with Crippen LogP contribution in [-0.4, -0.2) is 23.7 Å². The number of hydrogen-bond acceptors (Lipinski definition) is 5. The van der Waals surface area contributed by atoms with Crippen LogP contribution in [0.25, 0.3) is 0 Å². The maximum absolute atomic E-state index is 12.2. The number of rotatable bonds is 7. The largest absolute Gasteiger partial charge is 0.489 e. The highest BCUT2D eigenvalue weighted by Crippen LogP contribution is 2.18. The average Bonchev–Trinajstić information content (AvgIpc) is 2.60. The fourth-order valence-corrected chi connectivity index (χ4v) is 1.91. The van der Waals surface area contributed by atoms with Crippen LogP contribution in [0.4, 0.5) is 5.69 Å². The molecule has 0 saturated heterocycles. The molecule has 0 aliphatic carbocycles. The van der Waals surface area contributed by atoms with E-state index in [1.807, 2.05) is 0 Å². The highest BCUT2D eigenvalue weighted by atomic mass is 16.6. The first-order chi connectivity index (χ1) is 11.6. The van der Waals surface area contributed by atoms with Crippen LogP contribution in [0.1, 0.15) is 15.9 Å². The number of para-hydroxylation sites is 2. The number of nitro benzene ring substituents is 1. The average molecular weight is 325 g/mol. The zero-order valence-electron chi connectivity index (χ0n) is 12.7. The Bertz CT molecular complexity index is 787. The number of nitrogens with one attached hydrogen (secondary N) is 1. The van der Waals surface area contributed by atoms with Crippen molar-refractivity contribution in [2.24, 2.45) is 5.10 Å². The van der Waals surface area contributed by atoms with Crippen molar-refractivity contribution in [1.82, 2.24) is 5.43 Å². The Balaban J connectivity index is 2.11. The Kier molecular flexibility index (Phi) is 5.79. The molecule has 0 radical (unpaired) electrons. The van der Waals surface area contributed by atoms with Gasteiger partial charge in [-0.25, -0.2) is 5.43 Å². The molecule has 0 bridgehead atoms. The molecule has 1 amide bonds. The summed E-state index contributed by atoms with van der Waals surface area (Å²) in [5.41, 5.74) is 2.84. The van der Waals surface area contributed by atoms with Crippen LogP contribution in [0.15, 0.2) is 66.3 Å². The van der Waals surface area contributed by atoms with E-state index in [1.54, 1.807) is 42.5 Å². The minimum atomic E-state index is -0.512. The number of hydrazone groups is 1. The van der Waals surface area contributed by atoms with Gasteiger partial charge in [0.15, 0.2) is 0 Å². The molecule has 0 heterocycles. The molecule has 1 N–H and O–H groups in total. The second kappa shape index (κ2) is 8.23. The minimum Gasteiger partial charge on any atom is -0.489 e. The fourth-order valence-electron chi connectivity index (χ4n) is 1.91. The maximum Gasteiger partial charge on any atom is 0.278 e. The van der Waals surface area contributed by atoms with Crippen molar-refractivity contribution in [3.05, 3.63) is 82.4 Å². The SMILES string of the molecule is C=CCOc1ccccc1C(=O)N/N=C/c1ccccc1[N+](=O)[O-]. The molecule has 2 aromatic carbocycles. The summed E-state index contributed by atoms with van der Waals surface area (Å²) in [5, 5.41) is 14.7. The molecule has 0 aliphatic rings. The summed E-state index contributed by atoms with van der Waals surface area (Å²) in [7, 11) is 0. The van der Waals surface area contributed by atoms with Crippen molar-refractivity contribution < 1.29 is 14.5 Å². The van der Waals surface area contributed by atoms with Crippen LogP contribution in [-0.2, 0) is 0 Å². The predicted octanol–water partition coefficient (Wildman–Crippen LogP) is 2.92. The highest BCUT2D eigenvalue weighted by molar-refractivity contribution is 5.97. The van der Waals surface area contributed by atoms with Crippen molar-refractivity contribution in [3.8, 4) is 5.75 Å². The first-order valence-electron chi connectivity index (χ1n) is 7.03. The summed E-state index contributed by atoms with van der Waals surface area (Å²) in [4.78, 5) is 22.6. The smallest absolute Gasteiger partial charge is 0.278 e. The van der Waals surface area contributed by atoms with Gasteiger partial charge in [-0.15, -0.1) is 0 Å². The van der Waals surface area contributed by atoms with Crippen LogP contribution in [0.5, 0.6) is 5.75 Å². The third-order valence-electron chi connectivity index (χ3n) is 2.99. The van der Waals surface area contributed by atoms with E-state index in [9.17, 15) is 14.9 Å². The van der Waals surface area contributed by atoms with Crippen LogP contribution in [0.2, 0.25) is 0 Å². The molecule has 2 rings (SSSR count). The number of carbonyl (C=O) groups is 1. The lowest BCUT2D eigenvalue weighted by Gasteiger charge is -2.08. The van der Waals surface area contributed by atoms with E-state index in [0.717, 1.165) is 0 Å². The molecule has 0 atom stereocenters. The zero-order valence-corrected chi connectivity index (χ0v) is 12.7. The first-order valence-corrected chi connectivity index (χ1v) is 7.03. The van der Waals surface area contributed by atoms with Gasteiger partial charge in [-0.2, -0.15) is 5.10 Å². The first kappa shape index (κ1) is 16.9. The van der Waals surface area contributed by atoms with E-state index in [1.165, 1.54) is 18.3 Å². The molecule has 0 aromatic heterocycles. The molecular formula is C17H15N3O4. The van der Waals surface area contributed by atoms with Gasteiger partial charge in [0.2, 0.25) is 0 Å². The Hall–Kier alpha value is -3.48. The Morgan fingerprint density at radius 3 is 2.71 bits per heavy atom. The summed E-state index contributed by atoms with van der Waals surface area (Å²) in [6.07, 6.45) is 2.80. The molecule has 0 saturated carbocycles. The summed E-state index contributed by atoms with van der Waals surface area (Å²) >= 11 is 0. The molecule has 7 heteroatoms. The number of ether oxygens (including phenoxy) is 1. The lowest BCUT2D eigenvalue weighted by atomic mass is 10.2. The monoisotopic (exact) mass is 325 g/mol. The van der Waals surface area contributed by atoms with E-state index >= 15 is 0 Å². The van der Waals surface area contributed by atoms with Gasteiger partial charge >= 0.3 is 0 Å². The third kappa shape index (κ3) is 4.26. The molecule has 0 unspecified atom stereocenters. The molecule has 0 aliphatic heterocycles. The summed E-state index contributed by atoms with van der Waals surface area (Å²) in [6.45, 7) is 3.82. The maximum atomic E-state index is 12.2. The second-order valence-electron chi connectivity index (χ2n) is 4.61. The van der Waals surface area contributed by atoms with Crippen LogP contribution in [0, 0.1) is 10.1 Å². The van der Waals surface area contributed by atoms with Crippen molar-refractivity contribution >= 4 is 17.8 Å². The fraction of sp³-hybridized carbons (Fsp3) is 0.0588. The normalized spacial score (nSPS) is 10.3. The van der Waals surface area contributed by atoms with E-state index in [2.05, 4.69) is 17.1 Å². The van der Waals surface area contributed by atoms with Crippen LogP contribution in [0.3, 0.4) is 0 Å². The summed E-state index contributed by atoms with van der Waals surface area (Å²) in [5.74, 6) is -0.0831. The van der Waals surface area contributed by atoms with E-state index < -0.39 is 10.8 Å². The van der Waals surface area contributed by atoms with Crippen molar-refractivity contribution in [3.63, 3.8) is 0 Å². The predicted molar refractivity (Wildman–Crippen MR) is 90.3 cm³/mol. The summed E-state index contributed by atoms with van der Waals surface area (Å²) in [6, 6.07) is 12.8. The third-order valence-corrected chi connectivity index (χ3v) is 2.99. The van der Waals surface area contributed by atoms with Gasteiger partial charge in [0.1, 0.15) is 12.4 Å². The van der Waals surface area contributed by atoms with Gasteiger partial charge in [-0.1, -0.05) is 36.9 Å². The minimum absolute atomic E-state index is 0.0924. The molecule has 2 aromatic rings. The lowest BCUT2D eigenvalue weighted by molar-refractivity contribution is -0.385. The Labute approximate surface area is 138 Å². The molecule has 122 valence electrons. The molecule has 7 nitrogen and oxygen atoms in total. The Morgan fingerprint density at radius 2 is 1.96 bits per heavy atom. The van der Waals surface area contributed by atoms with Crippen LogP contribution >= 0.6 is 0 Å². The van der Waals surface area contributed by atoms with Gasteiger partial charge in [-0.05, 0) is 18.2 Å². The molecular weight excluding hydrogens is 310 g/mol. The number of benzene rings is 2. The van der Waals surface area contributed by atoms with Gasteiger partial charge in [0, 0.05) is 6.07 Å². The standard InChI is InChI=1S/C17H15N3O4/c1-2-11-24-16-10-6-4-8-14(16)17(21)19-18-12-13-7-3-5-9-15(13)20(22)23/h2-10,12H,1,11H2,(H,19,21)/b18-12+. The van der Waals surface area contributed by atoms with Gasteiger partial charge in [0.05, 0.1) is 22.3 Å². The van der Waals surface area contributed by atoms with E-state index in [4.69, 9.17) is 4.74 Å². The van der Waals surface area contributed by atoms with Gasteiger partial charge in [-0.3, -0.25) is 14.9 Å². The zero-order chi connectivity index (χ0) is 17.4. The number of hydrogen-bond donors (Lipinski definition) is 1. The van der Waals surface area contributed by atoms with Gasteiger partial charge in [0.25, 0.3) is 11.6 Å². The highest BCUT2D eigenvalue weighted by Gasteiger charge is 2.12. The van der Waals surface area contributed by atoms with Crippen LogP contribution < -0.4 is 10.2 Å². The number of carbonyl (C=O) groups excluding carboxylic acids is 1. The molecule has 0 spiro atoms. The number of nitrogens with zero attached hydrogens (tertiary/aromatic N) is 2. The van der Waals surface area contributed by atoms with E-state index in [0.29, 0.717) is 16.9 Å². The topological polar surface area (TPSA) is 93.8 Å². The number of amides is 1. The Morgan fingerprint density at radius 1 is 1.25 bits per heavy atom. The molecule has 0 fully saturated rings. The van der Waals surface area contributed by atoms with Crippen molar-refractivity contribution in [2.45, 2.75) is 0 Å². The lowest BCUT2D eigenvalue weighted by Crippen LogP contribution is -2.18. The summed E-state index contributed by atoms with van der Waals surface area (Å²) < 4.78 is 5.40. The van der Waals surface area contributed by atoms with Crippen molar-refractivity contribution in [1.29, 1.82) is 0 Å². The van der Waals surface area contributed by atoms with E-state index in [-0.39, 0.29) is 12.3 Å². The van der Waals surface area contributed by atoms with Gasteiger partial charge < -0.3 is 4.74 Å².